The van der Waals surface area contributed by atoms with Gasteiger partial charge in [-0.3, -0.25) is 4.79 Å². The molecule has 1 aromatic heterocycles. The summed E-state index contributed by atoms with van der Waals surface area (Å²) in [6, 6.07) is 10.2. The Balaban J connectivity index is 1.70. The number of nitrogens with zero attached hydrogens (tertiary/aromatic N) is 2. The number of carbonyl (C=O) groups excluding carboxylic acids is 1. The lowest BCUT2D eigenvalue weighted by atomic mass is 10.0. The van der Waals surface area contributed by atoms with Crippen molar-refractivity contribution in [2.45, 2.75) is 31.2 Å². The van der Waals surface area contributed by atoms with Crippen molar-refractivity contribution in [3.8, 4) is 0 Å². The molecule has 1 aliphatic rings. The van der Waals surface area contributed by atoms with Crippen LogP contribution in [0.5, 0.6) is 0 Å². The highest BCUT2D eigenvalue weighted by Crippen LogP contribution is 2.24. The maximum atomic E-state index is 12.8. The molecule has 0 aliphatic carbocycles. The maximum absolute atomic E-state index is 12.8. The summed E-state index contributed by atoms with van der Waals surface area (Å²) < 4.78 is 27.1. The number of hydrogen-bond donors (Lipinski definition) is 0. The summed E-state index contributed by atoms with van der Waals surface area (Å²) in [5.74, 6) is 0.453. The van der Waals surface area contributed by atoms with E-state index in [9.17, 15) is 13.2 Å². The number of sulfonamides is 1. The van der Waals surface area contributed by atoms with Crippen molar-refractivity contribution in [2.75, 3.05) is 20.1 Å². The first-order valence-electron chi connectivity index (χ1n) is 8.76. The van der Waals surface area contributed by atoms with Gasteiger partial charge in [0.1, 0.15) is 0 Å². The van der Waals surface area contributed by atoms with Gasteiger partial charge in [0.2, 0.25) is 10.0 Å². The van der Waals surface area contributed by atoms with Gasteiger partial charge in [-0.15, -0.1) is 11.3 Å². The molecule has 2 aromatic rings. The first kappa shape index (κ1) is 19.1. The number of benzene rings is 1. The second kappa shape index (κ2) is 7.90. The zero-order valence-corrected chi connectivity index (χ0v) is 16.7. The minimum Gasteiger partial charge on any atom is -0.337 e. The molecule has 0 bridgehead atoms. The molecule has 26 heavy (non-hydrogen) atoms. The summed E-state index contributed by atoms with van der Waals surface area (Å²) in [4.78, 5) is 15.5. The summed E-state index contributed by atoms with van der Waals surface area (Å²) in [5, 5.41) is 1.98. The van der Waals surface area contributed by atoms with E-state index >= 15 is 0 Å². The normalized spacial score (nSPS) is 16.5. The molecular weight excluding hydrogens is 368 g/mol. The summed E-state index contributed by atoms with van der Waals surface area (Å²) in [6.45, 7) is 3.82. The number of piperidine rings is 1. The van der Waals surface area contributed by atoms with Crippen molar-refractivity contribution in [1.29, 1.82) is 0 Å². The summed E-state index contributed by atoms with van der Waals surface area (Å²) in [6.07, 6.45) is 1.78. The third-order valence-electron chi connectivity index (χ3n) is 4.80. The van der Waals surface area contributed by atoms with Crippen LogP contribution in [0, 0.1) is 5.92 Å². The number of rotatable bonds is 5. The average molecular weight is 393 g/mol. The van der Waals surface area contributed by atoms with Crippen LogP contribution in [0.3, 0.4) is 0 Å². The highest BCUT2D eigenvalue weighted by molar-refractivity contribution is 7.89. The molecule has 0 radical (unpaired) electrons. The van der Waals surface area contributed by atoms with Crippen LogP contribution in [0.1, 0.15) is 35.0 Å². The number of hydrogen-bond acceptors (Lipinski definition) is 4. The molecular formula is C19H24N2O3S2. The Hall–Kier alpha value is -1.70. The smallest absolute Gasteiger partial charge is 0.253 e. The molecule has 1 aliphatic heterocycles. The van der Waals surface area contributed by atoms with E-state index in [4.69, 9.17) is 0 Å². The topological polar surface area (TPSA) is 57.7 Å². The molecule has 1 amide bonds. The van der Waals surface area contributed by atoms with Crippen molar-refractivity contribution in [2.24, 2.45) is 5.92 Å². The van der Waals surface area contributed by atoms with Crippen LogP contribution in [0.15, 0.2) is 46.7 Å². The molecule has 1 fully saturated rings. The Kier molecular flexibility index (Phi) is 5.79. The lowest BCUT2D eigenvalue weighted by Gasteiger charge is -2.29. The molecule has 2 heterocycles. The van der Waals surface area contributed by atoms with E-state index in [1.54, 1.807) is 51.9 Å². The molecule has 0 spiro atoms. The molecule has 0 N–H and O–H groups in total. The first-order valence-corrected chi connectivity index (χ1v) is 11.1. The van der Waals surface area contributed by atoms with Gasteiger partial charge in [-0.2, -0.15) is 4.31 Å². The fourth-order valence-electron chi connectivity index (χ4n) is 3.07. The molecule has 0 unspecified atom stereocenters. The zero-order valence-electron chi connectivity index (χ0n) is 15.1. The Morgan fingerprint density at radius 1 is 1.19 bits per heavy atom. The van der Waals surface area contributed by atoms with Crippen molar-refractivity contribution < 1.29 is 13.2 Å². The largest absolute Gasteiger partial charge is 0.337 e. The number of amides is 1. The predicted molar refractivity (Wildman–Crippen MR) is 104 cm³/mol. The highest BCUT2D eigenvalue weighted by Gasteiger charge is 2.28. The quantitative estimate of drug-likeness (QED) is 0.783. The summed E-state index contributed by atoms with van der Waals surface area (Å²) >= 11 is 1.61. The molecule has 7 heteroatoms. The minimum atomic E-state index is -3.48. The van der Waals surface area contributed by atoms with Gasteiger partial charge in [0.05, 0.1) is 11.4 Å². The van der Waals surface area contributed by atoms with Crippen molar-refractivity contribution >= 4 is 27.3 Å². The molecule has 140 valence electrons. The van der Waals surface area contributed by atoms with E-state index in [1.165, 1.54) is 0 Å². The van der Waals surface area contributed by atoms with Crippen LogP contribution in [0.4, 0.5) is 0 Å². The molecule has 1 saturated heterocycles. The van der Waals surface area contributed by atoms with E-state index in [0.717, 1.165) is 17.7 Å². The van der Waals surface area contributed by atoms with Crippen LogP contribution in [-0.4, -0.2) is 43.7 Å². The van der Waals surface area contributed by atoms with Crippen LogP contribution in [0.2, 0.25) is 0 Å². The second-order valence-electron chi connectivity index (χ2n) is 6.85. The van der Waals surface area contributed by atoms with Crippen LogP contribution >= 0.6 is 11.3 Å². The Labute approximate surface area is 159 Å². The Bertz CT molecular complexity index is 837. The van der Waals surface area contributed by atoms with Gasteiger partial charge in [-0.1, -0.05) is 13.0 Å². The summed E-state index contributed by atoms with van der Waals surface area (Å²) in [7, 11) is -1.73. The lowest BCUT2D eigenvalue weighted by Crippen LogP contribution is -2.37. The molecule has 5 nitrogen and oxygen atoms in total. The van der Waals surface area contributed by atoms with Crippen LogP contribution < -0.4 is 0 Å². The minimum absolute atomic E-state index is 0.117. The van der Waals surface area contributed by atoms with Gasteiger partial charge >= 0.3 is 0 Å². The third kappa shape index (κ3) is 4.16. The van der Waals surface area contributed by atoms with E-state index < -0.39 is 10.0 Å². The number of carbonyl (C=O) groups is 1. The SMILES string of the molecule is CC1CCN(S(=O)(=O)c2ccc(C(=O)N(C)Cc3cccs3)cc2)CC1. The fraction of sp³-hybridized carbons (Fsp3) is 0.421. The molecule has 0 saturated carbocycles. The Morgan fingerprint density at radius 2 is 1.85 bits per heavy atom. The zero-order chi connectivity index (χ0) is 18.7. The fourth-order valence-corrected chi connectivity index (χ4v) is 5.30. The van der Waals surface area contributed by atoms with Gasteiger partial charge in [-0.05, 0) is 54.5 Å². The number of thiophene rings is 1. The average Bonchev–Trinajstić information content (AvgIpc) is 3.14. The standard InChI is InChI=1S/C19H24N2O3S2/c1-15-9-11-21(12-10-15)26(23,24)18-7-5-16(6-8-18)19(22)20(2)14-17-4-3-13-25-17/h3-8,13,15H,9-12,14H2,1-2H3. The third-order valence-corrected chi connectivity index (χ3v) is 7.58. The maximum Gasteiger partial charge on any atom is 0.253 e. The van der Waals surface area contributed by atoms with E-state index in [1.807, 2.05) is 17.5 Å². The first-order chi connectivity index (χ1) is 12.4. The van der Waals surface area contributed by atoms with Crippen LogP contribution in [-0.2, 0) is 16.6 Å². The van der Waals surface area contributed by atoms with Crippen LogP contribution in [0.25, 0.3) is 0 Å². The van der Waals surface area contributed by atoms with Gasteiger partial charge in [0.25, 0.3) is 5.91 Å². The Morgan fingerprint density at radius 3 is 2.42 bits per heavy atom. The van der Waals surface area contributed by atoms with Crippen molar-refractivity contribution in [3.63, 3.8) is 0 Å². The van der Waals surface area contributed by atoms with Gasteiger partial charge in [-0.25, -0.2) is 8.42 Å². The van der Waals surface area contributed by atoms with E-state index in [0.29, 0.717) is 31.1 Å². The highest BCUT2D eigenvalue weighted by atomic mass is 32.2. The van der Waals surface area contributed by atoms with Gasteiger partial charge in [0, 0.05) is 30.6 Å². The van der Waals surface area contributed by atoms with Gasteiger partial charge < -0.3 is 4.90 Å². The molecule has 3 rings (SSSR count). The van der Waals surface area contributed by atoms with E-state index in [2.05, 4.69) is 6.92 Å². The molecule has 0 atom stereocenters. The summed E-state index contributed by atoms with van der Waals surface area (Å²) in [5.41, 5.74) is 0.496. The second-order valence-corrected chi connectivity index (χ2v) is 9.82. The van der Waals surface area contributed by atoms with E-state index in [-0.39, 0.29) is 10.8 Å². The predicted octanol–water partition coefficient (Wildman–Crippen LogP) is 3.44. The van der Waals surface area contributed by atoms with Crippen molar-refractivity contribution in [3.05, 3.63) is 52.2 Å². The lowest BCUT2D eigenvalue weighted by molar-refractivity contribution is 0.0786. The monoisotopic (exact) mass is 392 g/mol. The molecule has 1 aromatic carbocycles. The van der Waals surface area contributed by atoms with Crippen molar-refractivity contribution in [1.82, 2.24) is 9.21 Å². The van der Waals surface area contributed by atoms with Gasteiger partial charge in [0.15, 0.2) is 0 Å².